The number of anilines is 1. The number of nitrogens with one attached hydrogen (secondary N) is 2. The average molecular weight is 419 g/mol. The van der Waals surface area contributed by atoms with Crippen molar-refractivity contribution in [2.24, 2.45) is 0 Å². The molecule has 0 heterocycles. The summed E-state index contributed by atoms with van der Waals surface area (Å²) in [5, 5.41) is 16.5. The van der Waals surface area contributed by atoms with Crippen LogP contribution in [0.2, 0.25) is 5.02 Å². The summed E-state index contributed by atoms with van der Waals surface area (Å²) in [6, 6.07) is 12.3. The van der Waals surface area contributed by atoms with Gasteiger partial charge in [0, 0.05) is 18.3 Å². The van der Waals surface area contributed by atoms with Crippen LogP contribution in [-0.4, -0.2) is 41.8 Å². The third-order valence-electron chi connectivity index (χ3n) is 4.18. The number of nitro benzene ring substituents is 1. The van der Waals surface area contributed by atoms with Crippen LogP contribution < -0.4 is 10.6 Å². The molecule has 0 saturated carbocycles. The molecular formula is C20H23ClN4O4. The number of nitro groups is 1. The Morgan fingerprint density at radius 3 is 2.52 bits per heavy atom. The van der Waals surface area contributed by atoms with Gasteiger partial charge in [0.05, 0.1) is 11.5 Å². The van der Waals surface area contributed by atoms with Crippen LogP contribution in [0.3, 0.4) is 0 Å². The molecular weight excluding hydrogens is 396 g/mol. The molecule has 0 aliphatic rings. The zero-order valence-corrected chi connectivity index (χ0v) is 17.0. The van der Waals surface area contributed by atoms with Gasteiger partial charge in [0.15, 0.2) is 0 Å². The van der Waals surface area contributed by atoms with E-state index < -0.39 is 16.9 Å². The van der Waals surface area contributed by atoms with E-state index in [0.717, 1.165) is 6.42 Å². The van der Waals surface area contributed by atoms with Crippen molar-refractivity contribution in [2.75, 3.05) is 25.5 Å². The van der Waals surface area contributed by atoms with Gasteiger partial charge in [-0.25, -0.2) is 0 Å². The number of carbonyl (C=O) groups excluding carboxylic acids is 2. The van der Waals surface area contributed by atoms with Crippen LogP contribution in [0.5, 0.6) is 0 Å². The summed E-state index contributed by atoms with van der Waals surface area (Å²) < 4.78 is 0. The molecule has 0 aliphatic heterocycles. The molecule has 2 aromatic rings. The second-order valence-electron chi connectivity index (χ2n) is 6.49. The molecule has 0 saturated heterocycles. The maximum absolute atomic E-state index is 13.0. The highest BCUT2D eigenvalue weighted by atomic mass is 35.5. The van der Waals surface area contributed by atoms with E-state index in [-0.39, 0.29) is 28.8 Å². The van der Waals surface area contributed by atoms with Gasteiger partial charge in [-0.3, -0.25) is 24.6 Å². The summed E-state index contributed by atoms with van der Waals surface area (Å²) in [6.07, 6.45) is 0.813. The van der Waals surface area contributed by atoms with Crippen molar-refractivity contribution in [1.82, 2.24) is 10.2 Å². The molecule has 9 heteroatoms. The van der Waals surface area contributed by atoms with Gasteiger partial charge in [0.2, 0.25) is 11.8 Å². The van der Waals surface area contributed by atoms with Gasteiger partial charge < -0.3 is 10.6 Å². The van der Waals surface area contributed by atoms with E-state index >= 15 is 0 Å². The molecule has 1 atom stereocenters. The largest absolute Gasteiger partial charge is 0.355 e. The third kappa shape index (κ3) is 6.27. The molecule has 0 aliphatic carbocycles. The lowest BCUT2D eigenvalue weighted by Gasteiger charge is -2.27. The number of benzene rings is 2. The Morgan fingerprint density at radius 1 is 1.21 bits per heavy atom. The van der Waals surface area contributed by atoms with Gasteiger partial charge in [0.25, 0.3) is 5.69 Å². The highest BCUT2D eigenvalue weighted by Crippen LogP contribution is 2.28. The maximum Gasteiger partial charge on any atom is 0.289 e. The van der Waals surface area contributed by atoms with Crippen molar-refractivity contribution < 1.29 is 14.5 Å². The molecule has 8 nitrogen and oxygen atoms in total. The summed E-state index contributed by atoms with van der Waals surface area (Å²) in [6.45, 7) is 2.53. The van der Waals surface area contributed by atoms with Gasteiger partial charge >= 0.3 is 0 Å². The van der Waals surface area contributed by atoms with Crippen molar-refractivity contribution in [3.8, 4) is 0 Å². The smallest absolute Gasteiger partial charge is 0.289 e. The van der Waals surface area contributed by atoms with Gasteiger partial charge in [-0.15, -0.1) is 0 Å². The lowest BCUT2D eigenvalue weighted by Crippen LogP contribution is -2.41. The van der Waals surface area contributed by atoms with E-state index in [2.05, 4.69) is 10.6 Å². The molecule has 29 heavy (non-hydrogen) atoms. The predicted octanol–water partition coefficient (Wildman–Crippen LogP) is 3.39. The fourth-order valence-electron chi connectivity index (χ4n) is 2.82. The fraction of sp³-hybridized carbons (Fsp3) is 0.300. The Morgan fingerprint density at radius 2 is 1.90 bits per heavy atom. The van der Waals surface area contributed by atoms with E-state index in [1.54, 1.807) is 36.2 Å². The summed E-state index contributed by atoms with van der Waals surface area (Å²) in [4.78, 5) is 37.2. The normalized spacial score (nSPS) is 11.7. The number of halogens is 1. The number of nitrogens with zero attached hydrogens (tertiary/aromatic N) is 2. The van der Waals surface area contributed by atoms with Crippen molar-refractivity contribution in [1.29, 1.82) is 0 Å². The SMILES string of the molecule is CCCNC(=O)CN(C)[C@@H](C(=O)Nc1ccc(Cl)c([N+](=O)[O-])c1)c1ccccc1. The topological polar surface area (TPSA) is 105 Å². The molecule has 0 radical (unpaired) electrons. The minimum atomic E-state index is -0.765. The van der Waals surface area contributed by atoms with Crippen LogP contribution in [-0.2, 0) is 9.59 Å². The molecule has 0 bridgehead atoms. The molecule has 2 amide bonds. The number of rotatable bonds is 9. The average Bonchev–Trinajstić information content (AvgIpc) is 2.68. The third-order valence-corrected chi connectivity index (χ3v) is 4.50. The summed E-state index contributed by atoms with van der Waals surface area (Å²) >= 11 is 5.83. The number of hydrogen-bond acceptors (Lipinski definition) is 5. The first-order valence-corrected chi connectivity index (χ1v) is 9.48. The lowest BCUT2D eigenvalue weighted by molar-refractivity contribution is -0.384. The zero-order chi connectivity index (χ0) is 21.4. The highest BCUT2D eigenvalue weighted by Gasteiger charge is 2.27. The quantitative estimate of drug-likeness (QED) is 0.479. The lowest BCUT2D eigenvalue weighted by atomic mass is 10.0. The molecule has 0 spiro atoms. The Hall–Kier alpha value is -2.97. The van der Waals surface area contributed by atoms with Crippen LogP contribution in [0.15, 0.2) is 48.5 Å². The number of hydrogen-bond donors (Lipinski definition) is 2. The van der Waals surface area contributed by atoms with Crippen molar-refractivity contribution >= 4 is 34.8 Å². The first-order valence-electron chi connectivity index (χ1n) is 9.10. The van der Waals surface area contributed by atoms with Gasteiger partial charge in [-0.05, 0) is 31.2 Å². The van der Waals surface area contributed by atoms with Crippen molar-refractivity contribution in [2.45, 2.75) is 19.4 Å². The minimum Gasteiger partial charge on any atom is -0.355 e. The van der Waals surface area contributed by atoms with Crippen LogP contribution in [0.25, 0.3) is 0 Å². The molecule has 0 aromatic heterocycles. The molecule has 2 aromatic carbocycles. The maximum atomic E-state index is 13.0. The van der Waals surface area contributed by atoms with E-state index in [4.69, 9.17) is 11.6 Å². The number of carbonyl (C=O) groups is 2. The summed E-state index contributed by atoms with van der Waals surface area (Å²) in [5.74, 6) is -0.608. The van der Waals surface area contributed by atoms with Crippen molar-refractivity contribution in [3.05, 3.63) is 69.2 Å². The van der Waals surface area contributed by atoms with Gasteiger partial charge in [0.1, 0.15) is 11.1 Å². The second kappa shape index (κ2) is 10.5. The Balaban J connectivity index is 2.24. The molecule has 0 fully saturated rings. The first kappa shape index (κ1) is 22.3. The van der Waals surface area contributed by atoms with E-state index in [9.17, 15) is 19.7 Å². The van der Waals surface area contributed by atoms with Crippen molar-refractivity contribution in [3.63, 3.8) is 0 Å². The van der Waals surface area contributed by atoms with E-state index in [1.165, 1.54) is 18.2 Å². The van der Waals surface area contributed by atoms with E-state index in [1.807, 2.05) is 13.0 Å². The predicted molar refractivity (Wildman–Crippen MR) is 112 cm³/mol. The Labute approximate surface area is 174 Å². The molecule has 154 valence electrons. The highest BCUT2D eigenvalue weighted by molar-refractivity contribution is 6.32. The van der Waals surface area contributed by atoms with Gasteiger partial charge in [-0.1, -0.05) is 48.9 Å². The van der Waals surface area contributed by atoms with E-state index in [0.29, 0.717) is 12.1 Å². The summed E-state index contributed by atoms with van der Waals surface area (Å²) in [5.41, 5.74) is 0.642. The standard InChI is InChI=1S/C20H23ClN4O4/c1-3-11-22-18(26)13-24(2)19(14-7-5-4-6-8-14)20(27)23-15-9-10-16(21)17(12-15)25(28)29/h4-10,12,19H,3,11,13H2,1-2H3,(H,22,26)(H,23,27)/t19-/m1/s1. The molecule has 2 N–H and O–H groups in total. The van der Waals surface area contributed by atoms with Crippen LogP contribution in [0.4, 0.5) is 11.4 Å². The van der Waals surface area contributed by atoms with Crippen LogP contribution in [0, 0.1) is 10.1 Å². The Bertz CT molecular complexity index is 876. The minimum absolute atomic E-state index is 0.0164. The fourth-order valence-corrected chi connectivity index (χ4v) is 3.01. The summed E-state index contributed by atoms with van der Waals surface area (Å²) in [7, 11) is 1.67. The zero-order valence-electron chi connectivity index (χ0n) is 16.2. The Kier molecular flexibility index (Phi) is 8.11. The van der Waals surface area contributed by atoms with Crippen LogP contribution >= 0.6 is 11.6 Å². The second-order valence-corrected chi connectivity index (χ2v) is 6.90. The molecule has 2 rings (SSSR count). The monoisotopic (exact) mass is 418 g/mol. The molecule has 0 unspecified atom stereocenters. The first-order chi connectivity index (χ1) is 13.8. The number of likely N-dealkylation sites (N-methyl/N-ethyl adjacent to an activating group) is 1. The van der Waals surface area contributed by atoms with Gasteiger partial charge in [-0.2, -0.15) is 0 Å². The van der Waals surface area contributed by atoms with Crippen LogP contribution in [0.1, 0.15) is 24.9 Å². The number of amides is 2.